The van der Waals surface area contributed by atoms with E-state index in [4.69, 9.17) is 0 Å². The maximum Gasteiger partial charge on any atom is 0.254 e. The van der Waals surface area contributed by atoms with E-state index in [2.05, 4.69) is 15.7 Å². The summed E-state index contributed by atoms with van der Waals surface area (Å²) in [6, 6.07) is 0. The number of nitrogens with zero attached hydrogens (tertiary/aromatic N) is 2. The van der Waals surface area contributed by atoms with E-state index >= 15 is 0 Å². The molecule has 5 nitrogen and oxygen atoms in total. The number of aromatic nitrogens is 2. The van der Waals surface area contributed by atoms with E-state index < -0.39 is 0 Å². The second kappa shape index (κ2) is 6.27. The van der Waals surface area contributed by atoms with Crippen LogP contribution in [0.3, 0.4) is 0 Å². The fourth-order valence-electron chi connectivity index (χ4n) is 1.55. The molecular formula is C11H20N4O. The van der Waals surface area contributed by atoms with Crippen molar-refractivity contribution < 1.29 is 4.79 Å². The van der Waals surface area contributed by atoms with Gasteiger partial charge in [-0.1, -0.05) is 6.92 Å². The average molecular weight is 224 g/mol. The topological polar surface area (TPSA) is 59.0 Å². The zero-order chi connectivity index (χ0) is 12.0. The van der Waals surface area contributed by atoms with E-state index in [1.807, 2.05) is 21.0 Å². The molecule has 16 heavy (non-hydrogen) atoms. The lowest BCUT2D eigenvalue weighted by Gasteiger charge is -2.04. The Morgan fingerprint density at radius 1 is 1.50 bits per heavy atom. The maximum absolute atomic E-state index is 11.8. The molecule has 1 aromatic rings. The van der Waals surface area contributed by atoms with Gasteiger partial charge in [0.25, 0.3) is 5.91 Å². The normalized spacial score (nSPS) is 10.4. The Morgan fingerprint density at radius 2 is 2.25 bits per heavy atom. The monoisotopic (exact) mass is 224 g/mol. The fourth-order valence-corrected chi connectivity index (χ4v) is 1.55. The first kappa shape index (κ1) is 12.7. The van der Waals surface area contributed by atoms with Crippen LogP contribution in [-0.2, 0) is 13.5 Å². The Hall–Kier alpha value is -1.36. The van der Waals surface area contributed by atoms with Gasteiger partial charge in [0.05, 0.1) is 11.3 Å². The molecule has 90 valence electrons. The third kappa shape index (κ3) is 3.34. The lowest BCUT2D eigenvalue weighted by Crippen LogP contribution is -2.27. The number of rotatable bonds is 6. The minimum Gasteiger partial charge on any atom is -0.352 e. The standard InChI is InChI=1S/C11H20N4O/c1-4-10-9(8-15(3)14-10)11(16)13-7-5-6-12-2/h8,12H,4-7H2,1-3H3,(H,13,16). The maximum atomic E-state index is 11.8. The van der Waals surface area contributed by atoms with Crippen LogP contribution in [0.15, 0.2) is 6.20 Å². The molecule has 1 aromatic heterocycles. The van der Waals surface area contributed by atoms with Crippen LogP contribution in [0.2, 0.25) is 0 Å². The van der Waals surface area contributed by atoms with Crippen molar-refractivity contribution in [1.82, 2.24) is 20.4 Å². The molecule has 1 amide bonds. The van der Waals surface area contributed by atoms with Crippen LogP contribution < -0.4 is 10.6 Å². The van der Waals surface area contributed by atoms with Gasteiger partial charge in [-0.3, -0.25) is 9.48 Å². The Morgan fingerprint density at radius 3 is 2.88 bits per heavy atom. The highest BCUT2D eigenvalue weighted by Crippen LogP contribution is 2.06. The van der Waals surface area contributed by atoms with Crippen molar-refractivity contribution in [3.8, 4) is 0 Å². The van der Waals surface area contributed by atoms with E-state index in [0.717, 1.165) is 25.1 Å². The first-order valence-corrected chi connectivity index (χ1v) is 5.64. The van der Waals surface area contributed by atoms with Crippen LogP contribution in [0.4, 0.5) is 0 Å². The van der Waals surface area contributed by atoms with E-state index in [1.165, 1.54) is 0 Å². The molecule has 0 atom stereocenters. The van der Waals surface area contributed by atoms with Gasteiger partial charge in [-0.25, -0.2) is 0 Å². The van der Waals surface area contributed by atoms with Gasteiger partial charge in [-0.2, -0.15) is 5.10 Å². The van der Waals surface area contributed by atoms with Crippen LogP contribution in [0.5, 0.6) is 0 Å². The largest absolute Gasteiger partial charge is 0.352 e. The number of carbonyl (C=O) groups is 1. The summed E-state index contributed by atoms with van der Waals surface area (Å²) < 4.78 is 1.68. The first-order valence-electron chi connectivity index (χ1n) is 5.64. The van der Waals surface area contributed by atoms with Gasteiger partial charge in [0.1, 0.15) is 0 Å². The van der Waals surface area contributed by atoms with Crippen LogP contribution in [0, 0.1) is 0 Å². The third-order valence-corrected chi connectivity index (χ3v) is 2.37. The molecule has 0 unspecified atom stereocenters. The van der Waals surface area contributed by atoms with Gasteiger partial charge in [0, 0.05) is 19.8 Å². The molecule has 0 aromatic carbocycles. The minimum absolute atomic E-state index is 0.0268. The first-order chi connectivity index (χ1) is 7.69. The van der Waals surface area contributed by atoms with E-state index in [1.54, 1.807) is 10.9 Å². The van der Waals surface area contributed by atoms with Gasteiger partial charge >= 0.3 is 0 Å². The van der Waals surface area contributed by atoms with Gasteiger partial charge in [0.2, 0.25) is 0 Å². The van der Waals surface area contributed by atoms with E-state index in [0.29, 0.717) is 12.1 Å². The molecule has 0 aliphatic rings. The zero-order valence-corrected chi connectivity index (χ0v) is 10.2. The van der Waals surface area contributed by atoms with Crippen molar-refractivity contribution in [2.45, 2.75) is 19.8 Å². The second-order valence-electron chi connectivity index (χ2n) is 3.73. The molecular weight excluding hydrogens is 204 g/mol. The molecule has 2 N–H and O–H groups in total. The van der Waals surface area contributed by atoms with Crippen LogP contribution in [0.1, 0.15) is 29.4 Å². The highest BCUT2D eigenvalue weighted by Gasteiger charge is 2.13. The summed E-state index contributed by atoms with van der Waals surface area (Å²) in [6.45, 7) is 3.60. The van der Waals surface area contributed by atoms with Gasteiger partial charge in [-0.15, -0.1) is 0 Å². The quantitative estimate of drug-likeness (QED) is 0.684. The van der Waals surface area contributed by atoms with Gasteiger partial charge in [-0.05, 0) is 26.4 Å². The number of amides is 1. The number of nitrogens with one attached hydrogen (secondary N) is 2. The van der Waals surface area contributed by atoms with E-state index in [9.17, 15) is 4.79 Å². The molecule has 1 rings (SSSR count). The lowest BCUT2D eigenvalue weighted by atomic mass is 10.2. The number of aryl methyl sites for hydroxylation is 2. The number of hydrogen-bond acceptors (Lipinski definition) is 3. The predicted molar refractivity (Wildman–Crippen MR) is 63.5 cm³/mol. The van der Waals surface area contributed by atoms with Gasteiger partial charge in [0.15, 0.2) is 0 Å². The summed E-state index contributed by atoms with van der Waals surface area (Å²) in [5, 5.41) is 10.2. The SMILES string of the molecule is CCc1nn(C)cc1C(=O)NCCCNC. The Bertz CT molecular complexity index is 346. The summed E-state index contributed by atoms with van der Waals surface area (Å²) in [5.74, 6) is -0.0268. The van der Waals surface area contributed by atoms with Crippen molar-refractivity contribution in [2.24, 2.45) is 7.05 Å². The van der Waals surface area contributed by atoms with Crippen LogP contribution in [0.25, 0.3) is 0 Å². The fraction of sp³-hybridized carbons (Fsp3) is 0.636. The molecule has 5 heteroatoms. The van der Waals surface area contributed by atoms with Crippen molar-refractivity contribution in [2.75, 3.05) is 20.1 Å². The summed E-state index contributed by atoms with van der Waals surface area (Å²) in [7, 11) is 3.73. The molecule has 0 saturated carbocycles. The summed E-state index contributed by atoms with van der Waals surface area (Å²) in [4.78, 5) is 11.8. The highest BCUT2D eigenvalue weighted by atomic mass is 16.1. The summed E-state index contributed by atoms with van der Waals surface area (Å²) >= 11 is 0. The average Bonchev–Trinajstić information content (AvgIpc) is 2.65. The lowest BCUT2D eigenvalue weighted by molar-refractivity contribution is 0.0952. The smallest absolute Gasteiger partial charge is 0.254 e. The molecule has 1 heterocycles. The van der Waals surface area contributed by atoms with E-state index in [-0.39, 0.29) is 5.91 Å². The molecule has 0 aliphatic carbocycles. The third-order valence-electron chi connectivity index (χ3n) is 2.37. The minimum atomic E-state index is -0.0268. The molecule has 0 bridgehead atoms. The highest BCUT2D eigenvalue weighted by molar-refractivity contribution is 5.95. The Kier molecular flexibility index (Phi) is 4.98. The van der Waals surface area contributed by atoms with Crippen LogP contribution in [-0.4, -0.2) is 35.8 Å². The molecule has 0 radical (unpaired) electrons. The number of hydrogen-bond donors (Lipinski definition) is 2. The summed E-state index contributed by atoms with van der Waals surface area (Å²) in [5.41, 5.74) is 1.54. The second-order valence-corrected chi connectivity index (χ2v) is 3.73. The Labute approximate surface area is 96.2 Å². The summed E-state index contributed by atoms with van der Waals surface area (Å²) in [6.07, 6.45) is 3.48. The van der Waals surface area contributed by atoms with Crippen LogP contribution >= 0.6 is 0 Å². The molecule has 0 spiro atoms. The van der Waals surface area contributed by atoms with Crippen molar-refractivity contribution in [3.63, 3.8) is 0 Å². The zero-order valence-electron chi connectivity index (χ0n) is 10.2. The molecule has 0 saturated heterocycles. The predicted octanol–water partition coefficient (Wildman–Crippen LogP) is 0.322. The Balaban J connectivity index is 2.51. The molecule has 0 aliphatic heterocycles. The molecule has 0 fully saturated rings. The number of carbonyl (C=O) groups excluding carboxylic acids is 1. The van der Waals surface area contributed by atoms with Gasteiger partial charge < -0.3 is 10.6 Å². The van der Waals surface area contributed by atoms with Crippen molar-refractivity contribution in [1.29, 1.82) is 0 Å². The van der Waals surface area contributed by atoms with Crippen molar-refractivity contribution in [3.05, 3.63) is 17.5 Å². The van der Waals surface area contributed by atoms with Crippen molar-refractivity contribution >= 4 is 5.91 Å².